The van der Waals surface area contributed by atoms with Crippen LogP contribution in [0.2, 0.25) is 5.28 Å². The van der Waals surface area contributed by atoms with E-state index >= 15 is 0 Å². The molecule has 1 fully saturated rings. The number of amides is 1. The van der Waals surface area contributed by atoms with Crippen molar-refractivity contribution in [3.05, 3.63) is 57.9 Å². The first kappa shape index (κ1) is 22.2. The first-order valence-electron chi connectivity index (χ1n) is 10.8. The Morgan fingerprint density at radius 1 is 1.24 bits per heavy atom. The second-order valence-corrected chi connectivity index (χ2v) is 8.58. The number of nitrogens with zero attached hydrogens (tertiary/aromatic N) is 6. The van der Waals surface area contributed by atoms with Crippen molar-refractivity contribution in [3.63, 3.8) is 0 Å². The average Bonchev–Trinajstić information content (AvgIpc) is 3.50. The van der Waals surface area contributed by atoms with E-state index in [4.69, 9.17) is 11.6 Å². The monoisotopic (exact) mass is 487 g/mol. The largest absolute Gasteiger partial charge is 0.332 e. The van der Waals surface area contributed by atoms with Crippen LogP contribution in [0.15, 0.2) is 35.4 Å². The Bertz CT molecular complexity index is 1460. The molecular weight excluding hydrogens is 468 g/mol. The van der Waals surface area contributed by atoms with Crippen molar-refractivity contribution in [1.29, 1.82) is 0 Å². The van der Waals surface area contributed by atoms with E-state index in [1.807, 2.05) is 6.92 Å². The van der Waals surface area contributed by atoms with Gasteiger partial charge in [-0.3, -0.25) is 18.8 Å². The van der Waals surface area contributed by atoms with Gasteiger partial charge in [-0.1, -0.05) is 6.92 Å². The summed E-state index contributed by atoms with van der Waals surface area (Å²) < 4.78 is 30.4. The van der Waals surface area contributed by atoms with Crippen LogP contribution in [0.5, 0.6) is 0 Å². The Morgan fingerprint density at radius 3 is 2.82 bits per heavy atom. The molecule has 0 radical (unpaired) electrons. The van der Waals surface area contributed by atoms with Gasteiger partial charge in [-0.25, -0.2) is 13.8 Å². The van der Waals surface area contributed by atoms with Gasteiger partial charge >= 0.3 is 0 Å². The molecule has 4 heterocycles. The van der Waals surface area contributed by atoms with Gasteiger partial charge in [-0.15, -0.1) is 0 Å². The molecule has 34 heavy (non-hydrogen) atoms. The molecule has 1 aliphatic rings. The number of rotatable bonds is 6. The first-order valence-corrected chi connectivity index (χ1v) is 11.2. The number of anilines is 1. The van der Waals surface area contributed by atoms with E-state index in [0.29, 0.717) is 31.0 Å². The van der Waals surface area contributed by atoms with Crippen LogP contribution < -0.4 is 10.5 Å². The van der Waals surface area contributed by atoms with E-state index in [9.17, 15) is 18.4 Å². The van der Waals surface area contributed by atoms with Gasteiger partial charge in [0.2, 0.25) is 11.2 Å². The molecule has 176 valence electrons. The van der Waals surface area contributed by atoms with Gasteiger partial charge in [0.25, 0.3) is 5.56 Å². The fourth-order valence-electron chi connectivity index (χ4n) is 4.20. The number of hydrogen-bond donors (Lipinski definition) is 1. The summed E-state index contributed by atoms with van der Waals surface area (Å²) in [5.74, 6) is -1.38. The molecule has 0 spiro atoms. The second kappa shape index (κ2) is 8.64. The van der Waals surface area contributed by atoms with E-state index in [1.54, 1.807) is 17.1 Å². The first-order chi connectivity index (χ1) is 16.3. The minimum atomic E-state index is -0.771. The van der Waals surface area contributed by atoms with E-state index < -0.39 is 11.6 Å². The molecule has 1 aromatic carbocycles. The van der Waals surface area contributed by atoms with Crippen molar-refractivity contribution in [2.75, 3.05) is 11.4 Å². The summed E-state index contributed by atoms with van der Waals surface area (Å²) in [4.78, 5) is 38.1. The summed E-state index contributed by atoms with van der Waals surface area (Å²) in [7, 11) is 0. The van der Waals surface area contributed by atoms with Gasteiger partial charge in [0.05, 0.1) is 17.4 Å². The zero-order chi connectivity index (χ0) is 24.0. The van der Waals surface area contributed by atoms with Crippen LogP contribution in [0.4, 0.5) is 14.5 Å². The van der Waals surface area contributed by atoms with Gasteiger partial charge in [0.1, 0.15) is 17.5 Å². The quantitative estimate of drug-likeness (QED) is 0.420. The molecular formula is C22H20ClF2N7O2. The predicted molar refractivity (Wildman–Crippen MR) is 121 cm³/mol. The molecule has 0 saturated carbocycles. The average molecular weight is 488 g/mol. The standard InChI is InChI=1S/C22H20ClF2N7O2/c1-2-5-31-21(34)18-20(29-22(31)23)28-19(27-18)13-8-26-30(11-13)9-12-6-17(33)32(10-12)16-4-3-14(24)7-15(16)25/h3-4,7-8,11-12H,2,5-6,9-10H2,1H3,(H,27,28). The maximum absolute atomic E-state index is 14.1. The lowest BCUT2D eigenvalue weighted by atomic mass is 10.1. The smallest absolute Gasteiger partial charge is 0.280 e. The molecule has 0 bridgehead atoms. The van der Waals surface area contributed by atoms with Gasteiger partial charge in [0.15, 0.2) is 11.2 Å². The number of aromatic nitrogens is 6. The highest BCUT2D eigenvalue weighted by Gasteiger charge is 2.32. The van der Waals surface area contributed by atoms with Gasteiger partial charge in [-0.05, 0) is 30.2 Å². The van der Waals surface area contributed by atoms with Gasteiger partial charge < -0.3 is 9.88 Å². The molecule has 1 N–H and O–H groups in total. The normalized spacial score (nSPS) is 16.2. The van der Waals surface area contributed by atoms with Crippen molar-refractivity contribution >= 4 is 34.4 Å². The maximum atomic E-state index is 14.1. The van der Waals surface area contributed by atoms with Crippen LogP contribution in [-0.4, -0.2) is 41.8 Å². The highest BCUT2D eigenvalue weighted by Crippen LogP contribution is 2.29. The second-order valence-electron chi connectivity index (χ2n) is 8.24. The number of nitrogens with one attached hydrogen (secondary N) is 1. The Kier molecular flexibility index (Phi) is 5.64. The van der Waals surface area contributed by atoms with Crippen LogP contribution in [0.1, 0.15) is 19.8 Å². The number of carbonyl (C=O) groups excluding carboxylic acids is 1. The molecule has 1 aliphatic heterocycles. The summed E-state index contributed by atoms with van der Waals surface area (Å²) in [5, 5.41) is 4.42. The highest BCUT2D eigenvalue weighted by molar-refractivity contribution is 6.28. The molecule has 1 unspecified atom stereocenters. The molecule has 12 heteroatoms. The molecule has 1 saturated heterocycles. The minimum absolute atomic E-state index is 0.0669. The highest BCUT2D eigenvalue weighted by atomic mass is 35.5. The SMILES string of the molecule is CCCn1c(Cl)nc2nc(-c3cnn(CC4CC(=O)N(c5ccc(F)cc5F)C4)c3)[nH]c2c1=O. The van der Waals surface area contributed by atoms with E-state index in [0.717, 1.165) is 18.6 Å². The fraction of sp³-hybridized carbons (Fsp3) is 0.318. The minimum Gasteiger partial charge on any atom is -0.332 e. The van der Waals surface area contributed by atoms with Crippen molar-refractivity contribution in [3.8, 4) is 11.4 Å². The third-order valence-electron chi connectivity index (χ3n) is 5.77. The summed E-state index contributed by atoms with van der Waals surface area (Å²) in [6, 6.07) is 3.17. The third-order valence-corrected chi connectivity index (χ3v) is 6.06. The Balaban J connectivity index is 1.35. The molecule has 4 aromatic rings. The summed E-state index contributed by atoms with van der Waals surface area (Å²) in [5.41, 5.74) is 0.904. The Hall–Kier alpha value is -3.60. The lowest BCUT2D eigenvalue weighted by molar-refractivity contribution is -0.117. The number of fused-ring (bicyclic) bond motifs is 1. The molecule has 9 nitrogen and oxygen atoms in total. The maximum Gasteiger partial charge on any atom is 0.280 e. The summed E-state index contributed by atoms with van der Waals surface area (Å²) in [6.45, 7) is 3.10. The van der Waals surface area contributed by atoms with E-state index in [-0.39, 0.29) is 45.9 Å². The lowest BCUT2D eigenvalue weighted by Crippen LogP contribution is -2.26. The number of imidazole rings is 1. The molecule has 0 aliphatic carbocycles. The van der Waals surface area contributed by atoms with Gasteiger partial charge in [-0.2, -0.15) is 10.1 Å². The molecule has 5 rings (SSSR count). The summed E-state index contributed by atoms with van der Waals surface area (Å²) >= 11 is 6.14. The van der Waals surface area contributed by atoms with Crippen LogP contribution in [0.3, 0.4) is 0 Å². The number of hydrogen-bond acceptors (Lipinski definition) is 5. The number of benzene rings is 1. The van der Waals surface area contributed by atoms with Crippen LogP contribution >= 0.6 is 11.6 Å². The van der Waals surface area contributed by atoms with E-state index in [2.05, 4.69) is 20.1 Å². The zero-order valence-corrected chi connectivity index (χ0v) is 18.9. The van der Waals surface area contributed by atoms with Crippen molar-refractivity contribution in [2.45, 2.75) is 32.9 Å². The zero-order valence-electron chi connectivity index (χ0n) is 18.1. The van der Waals surface area contributed by atoms with Crippen molar-refractivity contribution < 1.29 is 13.6 Å². The Labute approximate surface area is 197 Å². The van der Waals surface area contributed by atoms with Crippen LogP contribution in [0.25, 0.3) is 22.6 Å². The summed E-state index contributed by atoms with van der Waals surface area (Å²) in [6.07, 6.45) is 4.29. The van der Waals surface area contributed by atoms with Crippen LogP contribution in [0, 0.1) is 17.6 Å². The van der Waals surface area contributed by atoms with Crippen LogP contribution in [-0.2, 0) is 17.9 Å². The predicted octanol–water partition coefficient (Wildman–Crippen LogP) is 3.38. The molecule has 1 atom stereocenters. The lowest BCUT2D eigenvalue weighted by Gasteiger charge is -2.17. The van der Waals surface area contributed by atoms with Gasteiger partial charge in [0, 0.05) is 44.2 Å². The number of carbonyl (C=O) groups is 1. The van der Waals surface area contributed by atoms with Crippen molar-refractivity contribution in [1.82, 2.24) is 29.3 Å². The van der Waals surface area contributed by atoms with Crippen molar-refractivity contribution in [2.24, 2.45) is 5.92 Å². The molecule has 1 amide bonds. The fourth-order valence-corrected chi connectivity index (χ4v) is 4.44. The molecule has 3 aromatic heterocycles. The van der Waals surface area contributed by atoms with E-state index in [1.165, 1.54) is 15.5 Å². The number of H-pyrrole nitrogens is 1. The third kappa shape index (κ3) is 3.96. The topological polar surface area (TPSA) is 102 Å². The number of halogens is 3. The number of aromatic amines is 1. The Morgan fingerprint density at radius 2 is 2.06 bits per heavy atom.